The number of benzene rings is 2. The Balaban J connectivity index is 1.68. The van der Waals surface area contributed by atoms with Gasteiger partial charge in [-0.25, -0.2) is 4.39 Å². The van der Waals surface area contributed by atoms with Gasteiger partial charge in [-0.05, 0) is 61.7 Å². The highest BCUT2D eigenvalue weighted by atomic mass is 19.1. The number of hydrogen-bond donors (Lipinski definition) is 1. The summed E-state index contributed by atoms with van der Waals surface area (Å²) in [5, 5.41) is 2.94. The number of amides is 1. The molecule has 0 unspecified atom stereocenters. The average Bonchev–Trinajstić information content (AvgIpc) is 3.03. The summed E-state index contributed by atoms with van der Waals surface area (Å²) in [6, 6.07) is 12.4. The molecule has 0 aliphatic carbocycles. The molecule has 132 valence electrons. The molecular formula is C20H23FN2O2. The monoisotopic (exact) mass is 342 g/mol. The smallest absolute Gasteiger partial charge is 0.238 e. The lowest BCUT2D eigenvalue weighted by Gasteiger charge is -2.24. The van der Waals surface area contributed by atoms with Gasteiger partial charge in [0.25, 0.3) is 0 Å². The number of nitrogens with one attached hydrogen (secondary N) is 1. The number of ether oxygens (including phenoxy) is 1. The molecule has 2 aromatic carbocycles. The third-order valence-electron chi connectivity index (χ3n) is 4.59. The van der Waals surface area contributed by atoms with Gasteiger partial charge in [-0.3, -0.25) is 9.69 Å². The highest BCUT2D eigenvalue weighted by molar-refractivity contribution is 5.93. The summed E-state index contributed by atoms with van der Waals surface area (Å²) in [7, 11) is 1.59. The van der Waals surface area contributed by atoms with E-state index in [1.54, 1.807) is 19.2 Å². The summed E-state index contributed by atoms with van der Waals surface area (Å²) < 4.78 is 18.4. The van der Waals surface area contributed by atoms with Crippen LogP contribution in [0, 0.1) is 12.7 Å². The van der Waals surface area contributed by atoms with Crippen molar-refractivity contribution in [2.75, 3.05) is 25.5 Å². The number of hydrogen-bond acceptors (Lipinski definition) is 3. The second-order valence-electron chi connectivity index (χ2n) is 6.43. The van der Waals surface area contributed by atoms with E-state index in [1.165, 1.54) is 12.1 Å². The molecule has 5 heteroatoms. The molecule has 1 atom stereocenters. The summed E-state index contributed by atoms with van der Waals surface area (Å²) in [4.78, 5) is 14.7. The zero-order valence-corrected chi connectivity index (χ0v) is 14.6. The second kappa shape index (κ2) is 7.66. The average molecular weight is 342 g/mol. The van der Waals surface area contributed by atoms with Gasteiger partial charge >= 0.3 is 0 Å². The normalized spacial score (nSPS) is 17.5. The highest BCUT2D eigenvalue weighted by Gasteiger charge is 2.27. The molecule has 3 rings (SSSR count). The van der Waals surface area contributed by atoms with E-state index in [-0.39, 0.29) is 17.8 Å². The molecule has 1 aliphatic rings. The van der Waals surface area contributed by atoms with Gasteiger partial charge in [-0.1, -0.05) is 18.2 Å². The molecule has 0 aromatic heterocycles. The van der Waals surface area contributed by atoms with Crippen LogP contribution in [0.4, 0.5) is 10.1 Å². The number of rotatable bonds is 5. The van der Waals surface area contributed by atoms with E-state index < -0.39 is 0 Å². The van der Waals surface area contributed by atoms with Gasteiger partial charge in [0.2, 0.25) is 5.91 Å². The van der Waals surface area contributed by atoms with Crippen molar-refractivity contribution in [2.45, 2.75) is 25.8 Å². The summed E-state index contributed by atoms with van der Waals surface area (Å²) in [5.74, 6) is 0.339. The lowest BCUT2D eigenvalue weighted by molar-refractivity contribution is -0.117. The Kier molecular flexibility index (Phi) is 5.34. The minimum atomic E-state index is -0.238. The molecule has 1 amide bonds. The van der Waals surface area contributed by atoms with Crippen molar-refractivity contribution in [1.82, 2.24) is 4.90 Å². The molecule has 0 radical (unpaired) electrons. The molecule has 0 bridgehead atoms. The van der Waals surface area contributed by atoms with Crippen LogP contribution in [0.2, 0.25) is 0 Å². The quantitative estimate of drug-likeness (QED) is 0.895. The molecule has 0 saturated carbocycles. The number of likely N-dealkylation sites (tertiary alicyclic amines) is 1. The highest BCUT2D eigenvalue weighted by Crippen LogP contribution is 2.32. The molecule has 25 heavy (non-hydrogen) atoms. The number of halogens is 1. The predicted molar refractivity (Wildman–Crippen MR) is 96.3 cm³/mol. The Morgan fingerprint density at radius 2 is 2.04 bits per heavy atom. The van der Waals surface area contributed by atoms with Crippen LogP contribution in [-0.4, -0.2) is 31.0 Å². The van der Waals surface area contributed by atoms with Crippen LogP contribution in [0.15, 0.2) is 42.5 Å². The number of aryl methyl sites for hydroxylation is 1. The number of methoxy groups -OCH3 is 1. The van der Waals surface area contributed by atoms with E-state index in [1.807, 2.05) is 25.1 Å². The minimum Gasteiger partial charge on any atom is -0.495 e. The zero-order chi connectivity index (χ0) is 17.8. The molecule has 4 nitrogen and oxygen atoms in total. The topological polar surface area (TPSA) is 41.6 Å². The van der Waals surface area contributed by atoms with Crippen molar-refractivity contribution in [3.05, 3.63) is 59.4 Å². The Hall–Kier alpha value is -2.40. The molecule has 2 aromatic rings. The van der Waals surface area contributed by atoms with Crippen molar-refractivity contribution >= 4 is 11.6 Å². The predicted octanol–water partition coefficient (Wildman–Crippen LogP) is 3.92. The minimum absolute atomic E-state index is 0.0714. The largest absolute Gasteiger partial charge is 0.495 e. The molecule has 0 spiro atoms. The first-order chi connectivity index (χ1) is 12.1. The molecule has 1 fully saturated rings. The van der Waals surface area contributed by atoms with Crippen LogP contribution in [0.5, 0.6) is 5.75 Å². The van der Waals surface area contributed by atoms with Gasteiger partial charge in [0.15, 0.2) is 0 Å². The van der Waals surface area contributed by atoms with Gasteiger partial charge in [0.05, 0.1) is 19.3 Å². The van der Waals surface area contributed by atoms with Crippen molar-refractivity contribution in [1.29, 1.82) is 0 Å². The van der Waals surface area contributed by atoms with E-state index in [4.69, 9.17) is 4.74 Å². The van der Waals surface area contributed by atoms with E-state index >= 15 is 0 Å². The standard InChI is InChI=1S/C20H23FN2O2/c1-14-5-10-19(25-2)17(12-14)22-20(24)13-23-11-3-4-18(23)15-6-8-16(21)9-7-15/h5-10,12,18H,3-4,11,13H2,1-2H3,(H,22,24)/t18-/m0/s1. The van der Waals surface area contributed by atoms with Gasteiger partial charge < -0.3 is 10.1 Å². The van der Waals surface area contributed by atoms with Crippen LogP contribution in [0.3, 0.4) is 0 Å². The summed E-state index contributed by atoms with van der Waals surface area (Å²) >= 11 is 0. The first-order valence-electron chi connectivity index (χ1n) is 8.51. The molecule has 1 aliphatic heterocycles. The maximum absolute atomic E-state index is 13.1. The van der Waals surface area contributed by atoms with Crippen molar-refractivity contribution in [2.24, 2.45) is 0 Å². The maximum Gasteiger partial charge on any atom is 0.238 e. The van der Waals surface area contributed by atoms with Gasteiger partial charge in [0, 0.05) is 6.04 Å². The third kappa shape index (κ3) is 4.17. The molecule has 1 saturated heterocycles. The summed E-state index contributed by atoms with van der Waals surface area (Å²) in [6.07, 6.45) is 2.01. The number of carbonyl (C=O) groups excluding carboxylic acids is 1. The first-order valence-corrected chi connectivity index (χ1v) is 8.51. The van der Waals surface area contributed by atoms with Crippen LogP contribution in [-0.2, 0) is 4.79 Å². The Morgan fingerprint density at radius 1 is 1.28 bits per heavy atom. The first kappa shape index (κ1) is 17.4. The molecular weight excluding hydrogens is 319 g/mol. The second-order valence-corrected chi connectivity index (χ2v) is 6.43. The number of carbonyl (C=O) groups is 1. The molecule has 1 heterocycles. The number of nitrogens with zero attached hydrogens (tertiary/aromatic N) is 1. The van der Waals surface area contributed by atoms with Gasteiger partial charge in [-0.15, -0.1) is 0 Å². The van der Waals surface area contributed by atoms with Crippen molar-refractivity contribution in [3.63, 3.8) is 0 Å². The van der Waals surface area contributed by atoms with E-state index in [2.05, 4.69) is 10.2 Å². The van der Waals surface area contributed by atoms with E-state index in [0.29, 0.717) is 18.0 Å². The van der Waals surface area contributed by atoms with Crippen LogP contribution in [0.25, 0.3) is 0 Å². The Morgan fingerprint density at radius 3 is 2.76 bits per heavy atom. The molecule has 1 N–H and O–H groups in total. The summed E-state index contributed by atoms with van der Waals surface area (Å²) in [5.41, 5.74) is 2.80. The Bertz CT molecular complexity index is 746. The fourth-order valence-electron chi connectivity index (χ4n) is 3.37. The zero-order valence-electron chi connectivity index (χ0n) is 14.6. The third-order valence-corrected chi connectivity index (χ3v) is 4.59. The van der Waals surface area contributed by atoms with Gasteiger partial charge in [-0.2, -0.15) is 0 Å². The fraction of sp³-hybridized carbons (Fsp3) is 0.350. The fourth-order valence-corrected chi connectivity index (χ4v) is 3.37. The Labute approximate surface area is 147 Å². The summed E-state index contributed by atoms with van der Waals surface area (Å²) in [6.45, 7) is 3.14. The number of anilines is 1. The SMILES string of the molecule is COc1ccc(C)cc1NC(=O)CN1CCC[C@H]1c1ccc(F)cc1. The van der Waals surface area contributed by atoms with Crippen LogP contribution >= 0.6 is 0 Å². The van der Waals surface area contributed by atoms with Crippen LogP contribution in [0.1, 0.15) is 30.0 Å². The lowest BCUT2D eigenvalue weighted by atomic mass is 10.0. The lowest BCUT2D eigenvalue weighted by Crippen LogP contribution is -2.33. The maximum atomic E-state index is 13.1. The van der Waals surface area contributed by atoms with Gasteiger partial charge in [0.1, 0.15) is 11.6 Å². The van der Waals surface area contributed by atoms with Crippen molar-refractivity contribution < 1.29 is 13.9 Å². The van der Waals surface area contributed by atoms with E-state index in [9.17, 15) is 9.18 Å². The van der Waals surface area contributed by atoms with Crippen molar-refractivity contribution in [3.8, 4) is 5.75 Å². The van der Waals surface area contributed by atoms with E-state index in [0.717, 1.165) is 30.5 Å². The van der Waals surface area contributed by atoms with Crippen LogP contribution < -0.4 is 10.1 Å².